The molecule has 1 aliphatic rings. The van der Waals surface area contributed by atoms with Crippen LogP contribution in [0.3, 0.4) is 0 Å². The fraction of sp³-hybridized carbons (Fsp3) is 0.368. The Kier molecular flexibility index (Phi) is 4.90. The van der Waals surface area contributed by atoms with Gasteiger partial charge >= 0.3 is 0 Å². The highest BCUT2D eigenvalue weighted by Crippen LogP contribution is 2.29. The number of anilines is 1. The first-order valence-corrected chi connectivity index (χ1v) is 8.36. The molecule has 0 bridgehead atoms. The average Bonchev–Trinajstić information content (AvgIpc) is 3.23. The predicted octanol–water partition coefficient (Wildman–Crippen LogP) is 2.22. The van der Waals surface area contributed by atoms with E-state index in [-0.39, 0.29) is 17.9 Å². The van der Waals surface area contributed by atoms with Gasteiger partial charge in [0.15, 0.2) is 0 Å². The van der Waals surface area contributed by atoms with Crippen molar-refractivity contribution in [2.45, 2.75) is 19.4 Å². The quantitative estimate of drug-likeness (QED) is 0.906. The van der Waals surface area contributed by atoms with E-state index < -0.39 is 0 Å². The van der Waals surface area contributed by atoms with Crippen LogP contribution in [0.15, 0.2) is 41.0 Å². The molecule has 0 radical (unpaired) electrons. The van der Waals surface area contributed by atoms with Gasteiger partial charge in [-0.15, -0.1) is 0 Å². The zero-order valence-electron chi connectivity index (χ0n) is 14.8. The van der Waals surface area contributed by atoms with Gasteiger partial charge in [-0.25, -0.2) is 0 Å². The van der Waals surface area contributed by atoms with Crippen molar-refractivity contribution in [1.29, 1.82) is 0 Å². The molecule has 1 atom stereocenters. The van der Waals surface area contributed by atoms with Crippen molar-refractivity contribution in [1.82, 2.24) is 10.2 Å². The first-order valence-electron chi connectivity index (χ1n) is 8.36. The number of fused-ring (bicyclic) bond motifs is 1. The number of hydrogen-bond donors (Lipinski definition) is 1. The van der Waals surface area contributed by atoms with Crippen molar-refractivity contribution in [3.8, 4) is 0 Å². The summed E-state index contributed by atoms with van der Waals surface area (Å²) in [6, 6.07) is 9.23. The molecule has 6 heteroatoms. The van der Waals surface area contributed by atoms with Crippen LogP contribution in [0, 0.1) is 0 Å². The van der Waals surface area contributed by atoms with Crippen LogP contribution >= 0.6 is 0 Å². The molecule has 0 aliphatic carbocycles. The SMILES string of the molecule is CC(=O)N1CCc2cc(C(=O)NCC(c3ccco3)N(C)C)ccc21. The molecule has 1 N–H and O–H groups in total. The van der Waals surface area contributed by atoms with Crippen LogP contribution in [0.2, 0.25) is 0 Å². The Balaban J connectivity index is 1.69. The molecular weight excluding hydrogens is 318 g/mol. The molecule has 2 heterocycles. The minimum Gasteiger partial charge on any atom is -0.468 e. The van der Waals surface area contributed by atoms with Crippen molar-refractivity contribution in [2.75, 3.05) is 32.1 Å². The number of carbonyl (C=O) groups is 2. The second-order valence-electron chi connectivity index (χ2n) is 6.47. The number of nitrogens with zero attached hydrogens (tertiary/aromatic N) is 2. The third-order valence-electron chi connectivity index (χ3n) is 4.57. The predicted molar refractivity (Wildman–Crippen MR) is 95.6 cm³/mol. The lowest BCUT2D eigenvalue weighted by Gasteiger charge is -2.22. The fourth-order valence-corrected chi connectivity index (χ4v) is 3.18. The molecule has 2 amide bonds. The highest BCUT2D eigenvalue weighted by Gasteiger charge is 2.23. The zero-order valence-corrected chi connectivity index (χ0v) is 14.8. The van der Waals surface area contributed by atoms with Gasteiger partial charge < -0.3 is 14.6 Å². The Hall–Kier alpha value is -2.60. The lowest BCUT2D eigenvalue weighted by molar-refractivity contribution is -0.116. The van der Waals surface area contributed by atoms with Gasteiger partial charge in [-0.1, -0.05) is 0 Å². The van der Waals surface area contributed by atoms with Gasteiger partial charge in [0.1, 0.15) is 5.76 Å². The van der Waals surface area contributed by atoms with Crippen LogP contribution in [0.1, 0.15) is 34.6 Å². The van der Waals surface area contributed by atoms with E-state index in [0.29, 0.717) is 18.7 Å². The molecular formula is C19H23N3O3. The first kappa shape index (κ1) is 17.2. The normalized spacial score (nSPS) is 14.5. The fourth-order valence-electron chi connectivity index (χ4n) is 3.18. The molecule has 1 aromatic heterocycles. The Morgan fingerprint density at radius 1 is 1.32 bits per heavy atom. The van der Waals surface area contributed by atoms with E-state index >= 15 is 0 Å². The molecule has 0 saturated heterocycles. The van der Waals surface area contributed by atoms with Gasteiger partial charge in [0.2, 0.25) is 5.91 Å². The van der Waals surface area contributed by atoms with Gasteiger partial charge in [0.05, 0.1) is 12.3 Å². The van der Waals surface area contributed by atoms with Crippen LogP contribution < -0.4 is 10.2 Å². The van der Waals surface area contributed by atoms with E-state index in [1.807, 2.05) is 43.3 Å². The molecule has 2 aromatic rings. The van der Waals surface area contributed by atoms with Crippen LogP contribution in [-0.2, 0) is 11.2 Å². The number of hydrogen-bond acceptors (Lipinski definition) is 4. The largest absolute Gasteiger partial charge is 0.468 e. The molecule has 3 rings (SSSR count). The number of amides is 2. The first-order chi connectivity index (χ1) is 12.0. The summed E-state index contributed by atoms with van der Waals surface area (Å²) in [5.74, 6) is 0.724. The molecule has 1 aliphatic heterocycles. The second-order valence-corrected chi connectivity index (χ2v) is 6.47. The second kappa shape index (κ2) is 7.11. The Morgan fingerprint density at radius 2 is 2.12 bits per heavy atom. The van der Waals surface area contributed by atoms with Crippen molar-refractivity contribution >= 4 is 17.5 Å². The number of likely N-dealkylation sites (N-methyl/N-ethyl adjacent to an activating group) is 1. The topological polar surface area (TPSA) is 65.8 Å². The van der Waals surface area contributed by atoms with Crippen molar-refractivity contribution in [2.24, 2.45) is 0 Å². The number of carbonyl (C=O) groups excluding carboxylic acids is 2. The molecule has 1 aromatic carbocycles. The number of benzene rings is 1. The van der Waals surface area contributed by atoms with Crippen LogP contribution in [0.25, 0.3) is 0 Å². The minimum atomic E-state index is -0.123. The number of furan rings is 1. The Bertz CT molecular complexity index is 768. The standard InChI is InChI=1S/C19H23N3O3/c1-13(23)22-9-8-14-11-15(6-7-16(14)22)19(24)20-12-17(21(2)3)18-5-4-10-25-18/h4-7,10-11,17H,8-9,12H2,1-3H3,(H,20,24). The molecule has 0 fully saturated rings. The van der Waals surface area contributed by atoms with E-state index in [1.54, 1.807) is 24.2 Å². The van der Waals surface area contributed by atoms with Gasteiger partial charge in [0.25, 0.3) is 5.91 Å². The lowest BCUT2D eigenvalue weighted by atomic mass is 10.1. The summed E-state index contributed by atoms with van der Waals surface area (Å²) in [6.45, 7) is 2.69. The van der Waals surface area contributed by atoms with Crippen molar-refractivity contribution in [3.63, 3.8) is 0 Å². The van der Waals surface area contributed by atoms with Crippen molar-refractivity contribution in [3.05, 3.63) is 53.5 Å². The van der Waals surface area contributed by atoms with E-state index in [2.05, 4.69) is 5.32 Å². The number of nitrogens with one attached hydrogen (secondary N) is 1. The summed E-state index contributed by atoms with van der Waals surface area (Å²) < 4.78 is 5.46. The van der Waals surface area contributed by atoms with Crippen LogP contribution in [0.5, 0.6) is 0 Å². The van der Waals surface area contributed by atoms with Gasteiger partial charge in [-0.2, -0.15) is 0 Å². The highest BCUT2D eigenvalue weighted by molar-refractivity contribution is 5.97. The van der Waals surface area contributed by atoms with Gasteiger partial charge in [-0.3, -0.25) is 14.5 Å². The van der Waals surface area contributed by atoms with Gasteiger partial charge in [0, 0.05) is 31.3 Å². The zero-order chi connectivity index (χ0) is 18.0. The summed E-state index contributed by atoms with van der Waals surface area (Å²) >= 11 is 0. The highest BCUT2D eigenvalue weighted by atomic mass is 16.3. The van der Waals surface area contributed by atoms with E-state index in [0.717, 1.165) is 23.4 Å². The van der Waals surface area contributed by atoms with Crippen molar-refractivity contribution < 1.29 is 14.0 Å². The maximum atomic E-state index is 12.5. The summed E-state index contributed by atoms with van der Waals surface area (Å²) in [6.07, 6.45) is 2.41. The smallest absolute Gasteiger partial charge is 0.251 e. The summed E-state index contributed by atoms with van der Waals surface area (Å²) in [5, 5.41) is 2.97. The number of rotatable bonds is 5. The Labute approximate surface area is 147 Å². The molecule has 0 spiro atoms. The molecule has 0 saturated carbocycles. The van der Waals surface area contributed by atoms with Crippen LogP contribution in [0.4, 0.5) is 5.69 Å². The van der Waals surface area contributed by atoms with Gasteiger partial charge in [-0.05, 0) is 56.4 Å². The van der Waals surface area contributed by atoms with E-state index in [4.69, 9.17) is 4.42 Å². The lowest BCUT2D eigenvalue weighted by Crippen LogP contribution is -2.34. The van der Waals surface area contributed by atoms with Crippen LogP contribution in [-0.4, -0.2) is 43.9 Å². The maximum Gasteiger partial charge on any atom is 0.251 e. The van der Waals surface area contributed by atoms with E-state index in [9.17, 15) is 9.59 Å². The third kappa shape index (κ3) is 3.58. The third-order valence-corrected chi connectivity index (χ3v) is 4.57. The molecule has 132 valence electrons. The summed E-state index contributed by atoms with van der Waals surface area (Å²) in [5.41, 5.74) is 2.56. The van der Waals surface area contributed by atoms with E-state index in [1.165, 1.54) is 0 Å². The minimum absolute atomic E-state index is 0.0263. The Morgan fingerprint density at radius 3 is 2.76 bits per heavy atom. The maximum absolute atomic E-state index is 12.5. The molecule has 1 unspecified atom stereocenters. The average molecular weight is 341 g/mol. The molecule has 25 heavy (non-hydrogen) atoms. The monoisotopic (exact) mass is 341 g/mol. The summed E-state index contributed by atoms with van der Waals surface area (Å²) in [4.78, 5) is 27.9. The summed E-state index contributed by atoms with van der Waals surface area (Å²) in [7, 11) is 3.90. The molecule has 6 nitrogen and oxygen atoms in total.